The highest BCUT2D eigenvalue weighted by atomic mass is 32.2. The molecule has 0 aliphatic heterocycles. The Bertz CT molecular complexity index is 163. The van der Waals surface area contributed by atoms with Gasteiger partial charge in [0, 0.05) is 5.54 Å². The fourth-order valence-corrected chi connectivity index (χ4v) is 1.54. The highest BCUT2D eigenvalue weighted by Gasteiger charge is 2.46. The summed E-state index contributed by atoms with van der Waals surface area (Å²) in [5.41, 5.74) is 0.153. The van der Waals surface area contributed by atoms with E-state index in [1.165, 1.54) is 11.8 Å². The number of carbonyl (C=O) groups excluding carboxylic acids is 1. The van der Waals surface area contributed by atoms with Crippen molar-refractivity contribution in [3.8, 4) is 0 Å². The van der Waals surface area contributed by atoms with Gasteiger partial charge in [0.05, 0.1) is 0 Å². The van der Waals surface area contributed by atoms with E-state index in [0.717, 1.165) is 12.8 Å². The van der Waals surface area contributed by atoms with Crippen LogP contribution in [-0.4, -0.2) is 17.0 Å². The molecule has 0 atom stereocenters. The molecule has 0 aromatic rings. The first kappa shape index (κ1) is 8.91. The van der Waals surface area contributed by atoms with Gasteiger partial charge in [0.15, 0.2) is 0 Å². The van der Waals surface area contributed by atoms with Crippen LogP contribution in [0.3, 0.4) is 0 Å². The lowest BCUT2D eigenvalue weighted by Crippen LogP contribution is -2.38. The van der Waals surface area contributed by atoms with Gasteiger partial charge in [0.25, 0.3) is 5.24 Å². The molecule has 11 heavy (non-hydrogen) atoms. The summed E-state index contributed by atoms with van der Waals surface area (Å²) < 4.78 is 0. The lowest BCUT2D eigenvalue weighted by atomic mass is 10.0. The molecule has 1 saturated carbocycles. The fraction of sp³-hybridized carbons (Fsp3) is 0.875. The summed E-state index contributed by atoms with van der Waals surface area (Å²) in [5.74, 6) is 0.568. The minimum absolute atomic E-state index is 0.108. The zero-order valence-corrected chi connectivity index (χ0v) is 8.12. The van der Waals surface area contributed by atoms with Crippen LogP contribution in [-0.2, 0) is 0 Å². The standard InChI is InChI=1S/C8H15NOS/c1-6(2)8(4-5-8)9-7(10)11-3/h6H,4-5H2,1-3H3,(H,9,10). The summed E-state index contributed by atoms with van der Waals surface area (Å²) >= 11 is 1.26. The van der Waals surface area contributed by atoms with E-state index in [1.807, 2.05) is 6.26 Å². The minimum Gasteiger partial charge on any atom is -0.341 e. The topological polar surface area (TPSA) is 29.1 Å². The van der Waals surface area contributed by atoms with Crippen LogP contribution in [0.15, 0.2) is 0 Å². The molecule has 0 unspecified atom stereocenters. The second-order valence-electron chi connectivity index (χ2n) is 3.43. The molecule has 1 aliphatic carbocycles. The molecule has 0 bridgehead atoms. The third kappa shape index (κ3) is 1.89. The van der Waals surface area contributed by atoms with Gasteiger partial charge in [-0.2, -0.15) is 0 Å². The second-order valence-corrected chi connectivity index (χ2v) is 4.21. The van der Waals surface area contributed by atoms with Crippen molar-refractivity contribution in [2.75, 3.05) is 6.26 Å². The van der Waals surface area contributed by atoms with Gasteiger partial charge < -0.3 is 5.32 Å². The van der Waals surface area contributed by atoms with Crippen molar-refractivity contribution < 1.29 is 4.79 Å². The van der Waals surface area contributed by atoms with Crippen LogP contribution in [0.4, 0.5) is 4.79 Å². The maximum absolute atomic E-state index is 11.0. The van der Waals surface area contributed by atoms with Gasteiger partial charge in [-0.25, -0.2) is 0 Å². The van der Waals surface area contributed by atoms with E-state index in [0.29, 0.717) is 5.92 Å². The molecule has 2 nitrogen and oxygen atoms in total. The summed E-state index contributed by atoms with van der Waals surface area (Å²) in [6, 6.07) is 0. The maximum atomic E-state index is 11.0. The van der Waals surface area contributed by atoms with Gasteiger partial charge in [-0.3, -0.25) is 4.79 Å². The Morgan fingerprint density at radius 3 is 2.36 bits per heavy atom. The number of amides is 1. The Kier molecular flexibility index (Phi) is 2.47. The Morgan fingerprint density at radius 1 is 1.55 bits per heavy atom. The van der Waals surface area contributed by atoms with Gasteiger partial charge in [0.1, 0.15) is 0 Å². The van der Waals surface area contributed by atoms with Crippen LogP contribution in [0, 0.1) is 5.92 Å². The molecule has 3 heteroatoms. The first-order valence-corrected chi connectivity index (χ1v) is 5.19. The zero-order valence-electron chi connectivity index (χ0n) is 7.31. The molecular formula is C8H15NOS. The van der Waals surface area contributed by atoms with Gasteiger partial charge in [-0.05, 0) is 25.0 Å². The van der Waals surface area contributed by atoms with Crippen LogP contribution in [0.1, 0.15) is 26.7 Å². The zero-order chi connectivity index (χ0) is 8.48. The van der Waals surface area contributed by atoms with Crippen molar-refractivity contribution >= 4 is 17.0 Å². The molecular weight excluding hydrogens is 158 g/mol. The van der Waals surface area contributed by atoms with Crippen molar-refractivity contribution in [1.82, 2.24) is 5.32 Å². The third-order valence-electron chi connectivity index (χ3n) is 2.43. The third-order valence-corrected chi connectivity index (χ3v) is 2.90. The quantitative estimate of drug-likeness (QED) is 0.694. The number of rotatable bonds is 2. The van der Waals surface area contributed by atoms with Crippen LogP contribution in [0.5, 0.6) is 0 Å². The van der Waals surface area contributed by atoms with Gasteiger partial charge in [-0.1, -0.05) is 25.6 Å². The molecule has 64 valence electrons. The molecule has 0 saturated heterocycles. The number of thioether (sulfide) groups is 1. The maximum Gasteiger partial charge on any atom is 0.279 e. The normalized spacial score (nSPS) is 20.0. The fourth-order valence-electron chi connectivity index (χ4n) is 1.24. The molecule has 1 aliphatic rings. The van der Waals surface area contributed by atoms with E-state index < -0.39 is 0 Å². The largest absolute Gasteiger partial charge is 0.341 e. The highest BCUT2D eigenvalue weighted by molar-refractivity contribution is 8.12. The van der Waals surface area contributed by atoms with Crippen LogP contribution >= 0.6 is 11.8 Å². The highest BCUT2D eigenvalue weighted by Crippen LogP contribution is 2.42. The number of hydrogen-bond donors (Lipinski definition) is 1. The molecule has 0 aromatic carbocycles. The summed E-state index contributed by atoms with van der Waals surface area (Å²) in [7, 11) is 0. The Balaban J connectivity index is 2.41. The predicted octanol–water partition coefficient (Wildman–Crippen LogP) is 2.25. The molecule has 0 heterocycles. The summed E-state index contributed by atoms with van der Waals surface area (Å²) in [4.78, 5) is 11.0. The molecule has 1 rings (SSSR count). The van der Waals surface area contributed by atoms with Crippen molar-refractivity contribution in [1.29, 1.82) is 0 Å². The van der Waals surface area contributed by atoms with E-state index in [4.69, 9.17) is 0 Å². The SMILES string of the molecule is CSC(=O)NC1(C(C)C)CC1. The molecule has 0 radical (unpaired) electrons. The minimum atomic E-state index is 0.108. The smallest absolute Gasteiger partial charge is 0.279 e. The van der Waals surface area contributed by atoms with Gasteiger partial charge in [0.2, 0.25) is 0 Å². The summed E-state index contributed by atoms with van der Waals surface area (Å²) in [6.45, 7) is 4.32. The average Bonchev–Trinajstić information content (AvgIpc) is 2.69. The molecule has 0 spiro atoms. The van der Waals surface area contributed by atoms with Gasteiger partial charge in [-0.15, -0.1) is 0 Å². The monoisotopic (exact) mass is 173 g/mol. The van der Waals surface area contributed by atoms with Gasteiger partial charge >= 0.3 is 0 Å². The second kappa shape index (κ2) is 3.05. The van der Waals surface area contributed by atoms with Crippen molar-refractivity contribution in [3.05, 3.63) is 0 Å². The van der Waals surface area contributed by atoms with Crippen LogP contribution in [0.25, 0.3) is 0 Å². The Hall–Kier alpha value is -0.180. The van der Waals surface area contributed by atoms with E-state index in [9.17, 15) is 4.79 Å². The van der Waals surface area contributed by atoms with Crippen molar-refractivity contribution in [2.24, 2.45) is 5.92 Å². The molecule has 1 fully saturated rings. The average molecular weight is 173 g/mol. The van der Waals surface area contributed by atoms with E-state index in [-0.39, 0.29) is 10.8 Å². The van der Waals surface area contributed by atoms with E-state index in [2.05, 4.69) is 19.2 Å². The Morgan fingerprint density at radius 2 is 2.09 bits per heavy atom. The van der Waals surface area contributed by atoms with E-state index in [1.54, 1.807) is 0 Å². The summed E-state index contributed by atoms with van der Waals surface area (Å²) in [6.07, 6.45) is 4.11. The lowest BCUT2D eigenvalue weighted by molar-refractivity contribution is 0.251. The summed E-state index contributed by atoms with van der Waals surface area (Å²) in [5, 5.41) is 3.15. The molecule has 0 aromatic heterocycles. The number of hydrogen-bond acceptors (Lipinski definition) is 2. The molecule has 1 N–H and O–H groups in total. The van der Waals surface area contributed by atoms with Crippen LogP contribution in [0.2, 0.25) is 0 Å². The van der Waals surface area contributed by atoms with Crippen molar-refractivity contribution in [3.63, 3.8) is 0 Å². The Labute approximate surface area is 72.1 Å². The predicted molar refractivity (Wildman–Crippen MR) is 48.8 cm³/mol. The lowest BCUT2D eigenvalue weighted by Gasteiger charge is -2.20. The van der Waals surface area contributed by atoms with Crippen molar-refractivity contribution in [2.45, 2.75) is 32.2 Å². The number of nitrogens with one attached hydrogen (secondary N) is 1. The number of carbonyl (C=O) groups is 1. The molecule has 1 amide bonds. The first-order valence-electron chi connectivity index (χ1n) is 3.97. The van der Waals surface area contributed by atoms with E-state index >= 15 is 0 Å². The van der Waals surface area contributed by atoms with Crippen LogP contribution < -0.4 is 5.32 Å². The first-order chi connectivity index (χ1) is 5.10.